The third kappa shape index (κ3) is 4.93. The van der Waals surface area contributed by atoms with Gasteiger partial charge in [0.1, 0.15) is 5.75 Å². The van der Waals surface area contributed by atoms with Crippen LogP contribution < -0.4 is 10.1 Å². The molecule has 0 bridgehead atoms. The Balaban J connectivity index is 1.07. The van der Waals surface area contributed by atoms with E-state index in [1.165, 1.54) is 24.0 Å². The van der Waals surface area contributed by atoms with Gasteiger partial charge in [-0.3, -0.25) is 0 Å². The number of para-hydroxylation sites is 1. The van der Waals surface area contributed by atoms with Crippen LogP contribution in [-0.4, -0.2) is 48.3 Å². The largest absolute Gasteiger partial charge is 0.496 e. The molecule has 1 N–H and O–H groups in total. The van der Waals surface area contributed by atoms with E-state index in [0.717, 1.165) is 55.6 Å². The van der Waals surface area contributed by atoms with Crippen molar-refractivity contribution in [2.24, 2.45) is 0 Å². The van der Waals surface area contributed by atoms with Crippen molar-refractivity contribution in [1.29, 1.82) is 0 Å². The van der Waals surface area contributed by atoms with Crippen molar-refractivity contribution in [3.8, 4) is 5.75 Å². The average molecular weight is 467 g/mol. The van der Waals surface area contributed by atoms with Crippen molar-refractivity contribution in [2.45, 2.75) is 43.6 Å². The van der Waals surface area contributed by atoms with Crippen molar-refractivity contribution in [3.05, 3.63) is 76.4 Å². The highest BCUT2D eigenvalue weighted by molar-refractivity contribution is 6.30. The number of methoxy groups -OCH3 is 1. The summed E-state index contributed by atoms with van der Waals surface area (Å²) in [6, 6.07) is 16.4. The number of hydrogen-bond donors (Lipinski definition) is 1. The number of ether oxygens (including phenoxy) is 1. The summed E-state index contributed by atoms with van der Waals surface area (Å²) in [5, 5.41) is 8.50. The molecule has 2 heterocycles. The Hall–Kier alpha value is -2.41. The van der Waals surface area contributed by atoms with Gasteiger partial charge >= 0.3 is 0 Å². The molecule has 3 aromatic rings. The summed E-state index contributed by atoms with van der Waals surface area (Å²) in [7, 11) is 1.76. The predicted octanol–water partition coefficient (Wildman–Crippen LogP) is 4.78. The zero-order valence-corrected chi connectivity index (χ0v) is 19.9. The normalized spacial score (nSPS) is 18.4. The number of benzene rings is 2. The van der Waals surface area contributed by atoms with E-state index in [1.807, 2.05) is 18.2 Å². The van der Waals surface area contributed by atoms with Crippen molar-refractivity contribution >= 4 is 11.6 Å². The Morgan fingerprint density at radius 2 is 1.88 bits per heavy atom. The minimum absolute atomic E-state index is 0.0991. The van der Waals surface area contributed by atoms with Gasteiger partial charge in [0.15, 0.2) is 5.82 Å². The number of nitrogens with zero attached hydrogens (tertiary/aromatic N) is 3. The zero-order valence-electron chi connectivity index (χ0n) is 19.1. The van der Waals surface area contributed by atoms with E-state index in [1.54, 1.807) is 7.11 Å². The molecule has 0 amide bonds. The van der Waals surface area contributed by atoms with Crippen LogP contribution in [0.5, 0.6) is 5.75 Å². The van der Waals surface area contributed by atoms with Gasteiger partial charge in [-0.25, -0.2) is 0 Å². The van der Waals surface area contributed by atoms with Crippen LogP contribution >= 0.6 is 11.6 Å². The molecule has 7 heteroatoms. The molecule has 33 heavy (non-hydrogen) atoms. The summed E-state index contributed by atoms with van der Waals surface area (Å²) in [4.78, 5) is 7.21. The molecule has 0 spiro atoms. The second kappa shape index (κ2) is 9.84. The molecule has 0 radical (unpaired) electrons. The van der Waals surface area contributed by atoms with Gasteiger partial charge in [-0.1, -0.05) is 47.1 Å². The summed E-state index contributed by atoms with van der Waals surface area (Å²) in [6.45, 7) is 4.74. The molecule has 2 aliphatic rings. The average Bonchev–Trinajstić information content (AvgIpc) is 3.53. The van der Waals surface area contributed by atoms with Gasteiger partial charge in [-0.15, -0.1) is 0 Å². The maximum Gasteiger partial charge on any atom is 0.240 e. The molecular formula is C26H31ClN4O2. The van der Waals surface area contributed by atoms with Crippen molar-refractivity contribution in [2.75, 3.05) is 33.3 Å². The third-order valence-corrected chi connectivity index (χ3v) is 7.34. The molecule has 1 aromatic heterocycles. The molecule has 1 aliphatic heterocycles. The zero-order chi connectivity index (χ0) is 22.7. The van der Waals surface area contributed by atoms with Crippen LogP contribution in [0.1, 0.15) is 54.4 Å². The van der Waals surface area contributed by atoms with E-state index < -0.39 is 0 Å². The molecule has 2 aromatic carbocycles. The fraction of sp³-hybridized carbons (Fsp3) is 0.462. The molecule has 1 saturated heterocycles. The van der Waals surface area contributed by atoms with E-state index in [4.69, 9.17) is 20.9 Å². The lowest BCUT2D eigenvalue weighted by Gasteiger charge is -2.32. The first kappa shape index (κ1) is 22.4. The quantitative estimate of drug-likeness (QED) is 0.458. The van der Waals surface area contributed by atoms with Crippen LogP contribution in [0.2, 0.25) is 5.02 Å². The monoisotopic (exact) mass is 466 g/mol. The predicted molar refractivity (Wildman–Crippen MR) is 129 cm³/mol. The minimum atomic E-state index is -0.0991. The molecule has 1 saturated carbocycles. The first-order valence-electron chi connectivity index (χ1n) is 11.8. The van der Waals surface area contributed by atoms with Crippen LogP contribution in [0, 0.1) is 0 Å². The van der Waals surface area contributed by atoms with Crippen molar-refractivity contribution < 1.29 is 9.26 Å². The molecule has 0 unspecified atom stereocenters. The maximum atomic E-state index is 6.04. The van der Waals surface area contributed by atoms with Crippen LogP contribution in [0.25, 0.3) is 0 Å². The van der Waals surface area contributed by atoms with Crippen LogP contribution in [0.4, 0.5) is 0 Å². The maximum absolute atomic E-state index is 6.04. The first-order chi connectivity index (χ1) is 16.2. The highest BCUT2D eigenvalue weighted by Crippen LogP contribution is 2.52. The summed E-state index contributed by atoms with van der Waals surface area (Å²) < 4.78 is 11.1. The molecule has 5 rings (SSSR count). The summed E-state index contributed by atoms with van der Waals surface area (Å²) in [6.07, 6.45) is 4.43. The first-order valence-corrected chi connectivity index (χ1v) is 12.2. The smallest absolute Gasteiger partial charge is 0.240 e. The summed E-state index contributed by atoms with van der Waals surface area (Å²) >= 11 is 6.04. The Morgan fingerprint density at radius 3 is 2.61 bits per heavy atom. The van der Waals surface area contributed by atoms with E-state index in [-0.39, 0.29) is 5.41 Å². The molecule has 2 fully saturated rings. The Morgan fingerprint density at radius 1 is 1.12 bits per heavy atom. The fourth-order valence-corrected chi connectivity index (χ4v) is 5.09. The second-order valence-electron chi connectivity index (χ2n) is 9.14. The van der Waals surface area contributed by atoms with E-state index in [9.17, 15) is 0 Å². The van der Waals surface area contributed by atoms with E-state index in [2.05, 4.69) is 50.7 Å². The van der Waals surface area contributed by atoms with Crippen molar-refractivity contribution in [3.63, 3.8) is 0 Å². The highest BCUT2D eigenvalue weighted by atomic mass is 35.5. The van der Waals surface area contributed by atoms with E-state index >= 15 is 0 Å². The van der Waals surface area contributed by atoms with Crippen molar-refractivity contribution in [1.82, 2.24) is 20.4 Å². The van der Waals surface area contributed by atoms with E-state index in [0.29, 0.717) is 18.4 Å². The fourth-order valence-electron chi connectivity index (χ4n) is 4.96. The summed E-state index contributed by atoms with van der Waals surface area (Å²) in [5.41, 5.74) is 2.46. The molecular weight excluding hydrogens is 436 g/mol. The van der Waals surface area contributed by atoms with Gasteiger partial charge in [0.05, 0.1) is 19.1 Å². The third-order valence-electron chi connectivity index (χ3n) is 7.09. The number of hydrogen-bond acceptors (Lipinski definition) is 6. The summed E-state index contributed by atoms with van der Waals surface area (Å²) in [5.74, 6) is 3.04. The number of piperidine rings is 1. The second-order valence-corrected chi connectivity index (χ2v) is 9.57. The lowest BCUT2D eigenvalue weighted by atomic mass is 9.89. The lowest BCUT2D eigenvalue weighted by Crippen LogP contribution is -2.37. The lowest BCUT2D eigenvalue weighted by molar-refractivity contribution is 0.210. The van der Waals surface area contributed by atoms with Gasteiger partial charge in [0.2, 0.25) is 5.89 Å². The van der Waals surface area contributed by atoms with Gasteiger partial charge in [0.25, 0.3) is 0 Å². The van der Waals surface area contributed by atoms with Gasteiger partial charge < -0.3 is 19.5 Å². The van der Waals surface area contributed by atoms with Crippen LogP contribution in [-0.2, 0) is 12.0 Å². The molecule has 174 valence electrons. The van der Waals surface area contributed by atoms with Crippen LogP contribution in [0.3, 0.4) is 0 Å². The van der Waals surface area contributed by atoms with Crippen LogP contribution in [0.15, 0.2) is 53.1 Å². The number of halogens is 1. The number of nitrogens with one attached hydrogen (secondary N) is 1. The SMILES string of the molecule is COc1ccccc1C1CCN(CCNCc2nc(C3(c4ccc(Cl)cc4)CC3)no2)CC1. The minimum Gasteiger partial charge on any atom is -0.496 e. The molecule has 1 aliphatic carbocycles. The number of rotatable bonds is 9. The Bertz CT molecular complexity index is 1060. The number of likely N-dealkylation sites (tertiary alicyclic amines) is 1. The Kier molecular flexibility index (Phi) is 6.67. The standard InChI is InChI=1S/C26H31ClN4O2/c1-32-23-5-3-2-4-22(23)19-10-15-31(16-11-19)17-14-28-18-24-29-25(30-33-24)26(12-13-26)20-6-8-21(27)9-7-20/h2-9,19,28H,10-18H2,1H3. The van der Waals surface area contributed by atoms with Gasteiger partial charge in [-0.2, -0.15) is 4.98 Å². The number of aromatic nitrogens is 2. The van der Waals surface area contributed by atoms with Gasteiger partial charge in [0, 0.05) is 18.1 Å². The topological polar surface area (TPSA) is 63.4 Å². The molecule has 6 nitrogen and oxygen atoms in total. The highest BCUT2D eigenvalue weighted by Gasteiger charge is 2.49. The Labute approximate surface area is 200 Å². The van der Waals surface area contributed by atoms with Gasteiger partial charge in [-0.05, 0) is 74.0 Å². The molecule has 0 atom stereocenters.